The van der Waals surface area contributed by atoms with Gasteiger partial charge in [-0.3, -0.25) is 0 Å². The second kappa shape index (κ2) is 4.21. The molecule has 0 aromatic carbocycles. The van der Waals surface area contributed by atoms with E-state index in [0.29, 0.717) is 10.3 Å². The summed E-state index contributed by atoms with van der Waals surface area (Å²) in [6.45, 7) is 21.3. The van der Waals surface area contributed by atoms with E-state index in [1.807, 2.05) is 7.11 Å². The van der Waals surface area contributed by atoms with Crippen molar-refractivity contribution in [3.8, 4) is 0 Å². The van der Waals surface area contributed by atoms with Crippen molar-refractivity contribution in [1.82, 2.24) is 0 Å². The van der Waals surface area contributed by atoms with E-state index in [0.717, 1.165) is 0 Å². The summed E-state index contributed by atoms with van der Waals surface area (Å²) in [4.78, 5) is 0. The molecule has 0 unspecified atom stereocenters. The van der Waals surface area contributed by atoms with Gasteiger partial charge in [-0.25, -0.2) is 0 Å². The average molecular weight is 321 g/mol. The van der Waals surface area contributed by atoms with Crippen molar-refractivity contribution in [3.05, 3.63) is 0 Å². The molecule has 0 N–H and O–H groups in total. The van der Waals surface area contributed by atoms with Crippen LogP contribution < -0.4 is 0 Å². The minimum absolute atomic E-state index is 0.319. The van der Waals surface area contributed by atoms with E-state index < -0.39 is 18.8 Å². The van der Waals surface area contributed by atoms with Gasteiger partial charge in [-0.05, 0) is 0 Å². The Morgan fingerprint density at radius 1 is 0.600 bits per heavy atom. The molecule has 0 heterocycles. The van der Waals surface area contributed by atoms with E-state index in [1.54, 1.807) is 0 Å². The normalized spacial score (nSPS) is 15.6. The van der Waals surface area contributed by atoms with Crippen molar-refractivity contribution in [3.63, 3.8) is 0 Å². The summed E-state index contributed by atoms with van der Waals surface area (Å²) < 4.78 is 7.20. The van der Waals surface area contributed by atoms with Crippen LogP contribution in [0.15, 0.2) is 0 Å². The summed E-state index contributed by atoms with van der Waals surface area (Å²) in [5, 5.41) is 0. The predicted octanol–water partition coefficient (Wildman–Crippen LogP) is 4.98. The van der Waals surface area contributed by atoms with E-state index >= 15 is 0 Å². The molecule has 1 nitrogen and oxygen atoms in total. The molecule has 0 aliphatic heterocycles. The molecule has 0 spiro atoms. The molecule has 15 heavy (non-hydrogen) atoms. The fourth-order valence-electron chi connectivity index (χ4n) is 4.29. The molecule has 0 aliphatic carbocycles. The van der Waals surface area contributed by atoms with Crippen molar-refractivity contribution in [2.45, 2.75) is 72.6 Å². The summed E-state index contributed by atoms with van der Waals surface area (Å²) in [7, 11) is 1.94. The van der Waals surface area contributed by atoms with E-state index in [4.69, 9.17) is 3.07 Å². The van der Waals surface area contributed by atoms with Crippen molar-refractivity contribution in [2.24, 2.45) is 0 Å². The van der Waals surface area contributed by atoms with Crippen LogP contribution in [-0.2, 0) is 3.07 Å². The predicted molar refractivity (Wildman–Crippen MR) is 71.9 cm³/mol. The zero-order valence-electron chi connectivity index (χ0n) is 12.4. The van der Waals surface area contributed by atoms with Gasteiger partial charge in [-0.15, -0.1) is 0 Å². The van der Waals surface area contributed by atoms with Crippen LogP contribution in [0.3, 0.4) is 0 Å². The van der Waals surface area contributed by atoms with E-state index in [1.165, 1.54) is 0 Å². The Hall–Kier alpha value is 0.759. The third-order valence-corrected chi connectivity index (χ3v) is 23.3. The molecule has 0 bridgehead atoms. The van der Waals surface area contributed by atoms with Crippen molar-refractivity contribution in [1.29, 1.82) is 0 Å². The summed E-state index contributed by atoms with van der Waals surface area (Å²) in [5.74, 6) is 0. The molecule has 0 aliphatic rings. The van der Waals surface area contributed by atoms with Crippen molar-refractivity contribution in [2.75, 3.05) is 7.11 Å². The SMILES string of the molecule is C[O][Sn]([C](C)(C)C)([C](C)(C)C)[C](C)(C)C. The monoisotopic (exact) mass is 322 g/mol. The Morgan fingerprint density at radius 2 is 0.800 bits per heavy atom. The topological polar surface area (TPSA) is 9.23 Å². The van der Waals surface area contributed by atoms with Gasteiger partial charge in [0.05, 0.1) is 0 Å². The Morgan fingerprint density at radius 3 is 0.800 bits per heavy atom. The Labute approximate surface area is 101 Å². The van der Waals surface area contributed by atoms with Crippen LogP contribution in [0.1, 0.15) is 62.3 Å². The van der Waals surface area contributed by atoms with Crippen molar-refractivity contribution >= 4 is 18.8 Å². The van der Waals surface area contributed by atoms with Crippen LogP contribution in [0.5, 0.6) is 0 Å². The summed E-state index contributed by atoms with van der Waals surface area (Å²) in [5.41, 5.74) is 0. The second-order valence-corrected chi connectivity index (χ2v) is 25.5. The fraction of sp³-hybridized carbons (Fsp3) is 1.00. The molecule has 0 fully saturated rings. The van der Waals surface area contributed by atoms with Crippen LogP contribution >= 0.6 is 0 Å². The van der Waals surface area contributed by atoms with E-state index in [9.17, 15) is 0 Å². The van der Waals surface area contributed by atoms with Crippen LogP contribution in [0.2, 0.25) is 10.3 Å². The van der Waals surface area contributed by atoms with Crippen LogP contribution in [0, 0.1) is 0 Å². The van der Waals surface area contributed by atoms with Crippen molar-refractivity contribution < 1.29 is 3.07 Å². The first-order chi connectivity index (χ1) is 6.31. The zero-order chi connectivity index (χ0) is 12.7. The summed E-state index contributed by atoms with van der Waals surface area (Å²) in [6, 6.07) is 0. The molecule has 0 saturated heterocycles. The van der Waals surface area contributed by atoms with Gasteiger partial charge >= 0.3 is 102 Å². The summed E-state index contributed by atoms with van der Waals surface area (Å²) >= 11 is -2.76. The maximum atomic E-state index is 6.24. The first kappa shape index (κ1) is 15.8. The molecule has 0 rings (SSSR count). The van der Waals surface area contributed by atoms with Gasteiger partial charge in [0.25, 0.3) is 0 Å². The number of hydrogen-bond donors (Lipinski definition) is 0. The zero-order valence-corrected chi connectivity index (χ0v) is 15.3. The Balaban J connectivity index is 5.78. The van der Waals surface area contributed by atoms with Gasteiger partial charge in [0.15, 0.2) is 0 Å². The van der Waals surface area contributed by atoms with Gasteiger partial charge in [0.1, 0.15) is 0 Å². The molecule has 0 atom stereocenters. The molecule has 0 radical (unpaired) electrons. The third-order valence-electron chi connectivity index (χ3n) is 3.47. The summed E-state index contributed by atoms with van der Waals surface area (Å²) in [6.07, 6.45) is 0. The van der Waals surface area contributed by atoms with Crippen LogP contribution in [0.4, 0.5) is 0 Å². The first-order valence-electron chi connectivity index (χ1n) is 5.86. The fourth-order valence-corrected chi connectivity index (χ4v) is 28.8. The van der Waals surface area contributed by atoms with Gasteiger partial charge in [0.2, 0.25) is 0 Å². The standard InChI is InChI=1S/3C4H9.CH3O.Sn/c3*1-4(2)3;1-2;/h3*1-3H3;1H3;/q;;;-1;+1. The van der Waals surface area contributed by atoms with E-state index in [-0.39, 0.29) is 0 Å². The van der Waals surface area contributed by atoms with Gasteiger partial charge in [0, 0.05) is 0 Å². The van der Waals surface area contributed by atoms with Crippen LogP contribution in [-0.4, -0.2) is 25.9 Å². The second-order valence-electron chi connectivity index (χ2n) is 7.64. The van der Waals surface area contributed by atoms with Crippen LogP contribution in [0.25, 0.3) is 0 Å². The number of hydrogen-bond acceptors (Lipinski definition) is 1. The van der Waals surface area contributed by atoms with Gasteiger partial charge < -0.3 is 0 Å². The molecule has 0 saturated carbocycles. The third kappa shape index (κ3) is 2.54. The molecular formula is C13H30OSn. The molecule has 2 heteroatoms. The Bertz CT molecular complexity index is 176. The first-order valence-corrected chi connectivity index (χ1v) is 11.3. The Kier molecular flexibility index (Phi) is 4.42. The maximum absolute atomic E-state index is 6.24. The molecular weight excluding hydrogens is 291 g/mol. The van der Waals surface area contributed by atoms with Gasteiger partial charge in [-0.1, -0.05) is 0 Å². The minimum atomic E-state index is -2.76. The average Bonchev–Trinajstić information content (AvgIpc) is 1.76. The van der Waals surface area contributed by atoms with Gasteiger partial charge in [-0.2, -0.15) is 0 Å². The quantitative estimate of drug-likeness (QED) is 0.619. The molecule has 0 amide bonds. The van der Waals surface area contributed by atoms with E-state index in [2.05, 4.69) is 62.3 Å². The molecule has 0 aromatic heterocycles. The number of rotatable bonds is 1. The molecule has 0 aromatic rings. The molecule has 92 valence electrons.